The van der Waals surface area contributed by atoms with Gasteiger partial charge in [0.1, 0.15) is 11.1 Å². The van der Waals surface area contributed by atoms with Crippen molar-refractivity contribution in [2.24, 2.45) is 0 Å². The van der Waals surface area contributed by atoms with Gasteiger partial charge in [-0.3, -0.25) is 0 Å². The fraction of sp³-hybridized carbons (Fsp3) is 0.188. The molecule has 1 unspecified atom stereocenters. The minimum absolute atomic E-state index is 0.0527. The van der Waals surface area contributed by atoms with Crippen molar-refractivity contribution in [3.63, 3.8) is 0 Å². The molecule has 0 bridgehead atoms. The van der Waals surface area contributed by atoms with E-state index in [1.165, 1.54) is 55.5 Å². The Morgan fingerprint density at radius 2 is 1.35 bits per heavy atom. The van der Waals surface area contributed by atoms with Crippen LogP contribution in [0.25, 0.3) is 33.3 Å². The van der Waals surface area contributed by atoms with Crippen LogP contribution in [0.5, 0.6) is 0 Å². The molecule has 7 rings (SSSR count). The number of rotatable bonds is 0. The summed E-state index contributed by atoms with van der Waals surface area (Å²) < 4.78 is 5.08. The molecule has 0 saturated heterocycles. The van der Waals surface area contributed by atoms with Crippen LogP contribution in [0.1, 0.15) is 43.0 Å². The fourth-order valence-corrected chi connectivity index (χ4v) is 6.46. The van der Waals surface area contributed by atoms with Crippen molar-refractivity contribution in [1.82, 2.24) is 0 Å². The summed E-state index contributed by atoms with van der Waals surface area (Å²) >= 11 is 0. The molecule has 2 aliphatic rings. The average molecular weight is 441 g/mol. The van der Waals surface area contributed by atoms with Crippen molar-refractivity contribution in [1.29, 1.82) is 0 Å². The Balaban J connectivity index is 1.72. The lowest BCUT2D eigenvalue weighted by atomic mass is 9.85. The van der Waals surface area contributed by atoms with Gasteiger partial charge in [-0.15, -0.1) is 9.13 Å². The normalized spacial score (nSPS) is 17.5. The van der Waals surface area contributed by atoms with Crippen molar-refractivity contribution >= 4 is 10.8 Å². The quantitative estimate of drug-likeness (QED) is 0.245. The average Bonchev–Trinajstić information content (AvgIpc) is 3.30. The molecule has 2 heteroatoms. The third-order valence-electron chi connectivity index (χ3n) is 7.80. The fourth-order valence-electron chi connectivity index (χ4n) is 6.46. The first-order chi connectivity index (χ1) is 16.4. The molecule has 2 nitrogen and oxygen atoms in total. The standard InChI is InChI=1S/C32H28N2/c1-21-19-29-24-13-7-9-15-26(24)32(34(29)20-28(21)31(2,3)4)27-16-10-8-14-25(27)30-23-12-6-5-11-22(23)17-18-33(30)32/h5-20H,1-4H3/q+2. The Kier molecular flexibility index (Phi) is 3.71. The van der Waals surface area contributed by atoms with E-state index in [-0.39, 0.29) is 5.41 Å². The minimum atomic E-state index is -0.449. The van der Waals surface area contributed by atoms with E-state index >= 15 is 0 Å². The Hall–Kier alpha value is -3.78. The molecule has 0 amide bonds. The van der Waals surface area contributed by atoms with Gasteiger partial charge in [-0.1, -0.05) is 63.2 Å². The molecule has 0 fully saturated rings. The Morgan fingerprint density at radius 1 is 0.706 bits per heavy atom. The molecule has 0 saturated carbocycles. The molecule has 0 radical (unpaired) electrons. The molecule has 4 heterocycles. The second-order valence-corrected chi connectivity index (χ2v) is 10.8. The molecule has 1 atom stereocenters. The van der Waals surface area contributed by atoms with Crippen molar-refractivity contribution < 1.29 is 9.13 Å². The first kappa shape index (κ1) is 19.7. The van der Waals surface area contributed by atoms with Gasteiger partial charge in [-0.2, -0.15) is 0 Å². The molecule has 0 aliphatic carbocycles. The first-order valence-corrected chi connectivity index (χ1v) is 12.1. The van der Waals surface area contributed by atoms with E-state index in [0.29, 0.717) is 0 Å². The number of aryl methyl sites for hydroxylation is 1. The van der Waals surface area contributed by atoms with E-state index in [1.807, 2.05) is 0 Å². The van der Waals surface area contributed by atoms with Gasteiger partial charge in [0.05, 0.1) is 16.5 Å². The van der Waals surface area contributed by atoms with Crippen LogP contribution >= 0.6 is 0 Å². The number of nitrogens with zero attached hydrogens (tertiary/aromatic N) is 2. The lowest BCUT2D eigenvalue weighted by Crippen LogP contribution is -2.71. The molecule has 3 aromatic carbocycles. The molecular formula is C32H28N2+2. The summed E-state index contributed by atoms with van der Waals surface area (Å²) in [5.41, 5.74) is 10.2. The third kappa shape index (κ3) is 2.26. The maximum Gasteiger partial charge on any atom is 0.417 e. The van der Waals surface area contributed by atoms with E-state index < -0.39 is 5.66 Å². The highest BCUT2D eigenvalue weighted by Gasteiger charge is 2.66. The van der Waals surface area contributed by atoms with E-state index in [4.69, 9.17) is 0 Å². The molecule has 2 aromatic heterocycles. The van der Waals surface area contributed by atoms with Crippen molar-refractivity contribution in [3.05, 3.63) is 120 Å². The number of pyridine rings is 2. The summed E-state index contributed by atoms with van der Waals surface area (Å²) in [7, 11) is 0. The molecule has 164 valence electrons. The largest absolute Gasteiger partial charge is 0.417 e. The topological polar surface area (TPSA) is 7.76 Å². The molecule has 34 heavy (non-hydrogen) atoms. The molecular weight excluding hydrogens is 412 g/mol. The van der Waals surface area contributed by atoms with E-state index in [9.17, 15) is 0 Å². The van der Waals surface area contributed by atoms with Gasteiger partial charge >= 0.3 is 5.66 Å². The maximum atomic E-state index is 2.55. The van der Waals surface area contributed by atoms with Crippen LogP contribution in [-0.4, -0.2) is 0 Å². The smallest absolute Gasteiger partial charge is 0.125 e. The van der Waals surface area contributed by atoms with Crippen LogP contribution in [-0.2, 0) is 11.1 Å². The number of benzene rings is 3. The predicted molar refractivity (Wildman–Crippen MR) is 137 cm³/mol. The lowest BCUT2D eigenvalue weighted by Gasteiger charge is -2.22. The van der Waals surface area contributed by atoms with Gasteiger partial charge in [0.2, 0.25) is 11.4 Å². The number of fused-ring (bicyclic) bond motifs is 12. The van der Waals surface area contributed by atoms with E-state index in [1.54, 1.807) is 0 Å². The number of aromatic nitrogens is 2. The van der Waals surface area contributed by atoms with Gasteiger partial charge in [-0.25, -0.2) is 0 Å². The molecule has 2 aliphatic heterocycles. The van der Waals surface area contributed by atoms with Gasteiger partial charge in [-0.05, 0) is 53.6 Å². The zero-order valence-corrected chi connectivity index (χ0v) is 20.1. The zero-order chi connectivity index (χ0) is 23.2. The molecule has 1 spiro atoms. The Labute approximate surface area is 200 Å². The zero-order valence-electron chi connectivity index (χ0n) is 20.1. The van der Waals surface area contributed by atoms with Gasteiger partial charge in [0, 0.05) is 17.7 Å². The van der Waals surface area contributed by atoms with Gasteiger partial charge in [0.15, 0.2) is 12.4 Å². The summed E-state index contributed by atoms with van der Waals surface area (Å²) in [6.45, 7) is 9.20. The number of hydrogen-bond acceptors (Lipinski definition) is 0. The van der Waals surface area contributed by atoms with Crippen molar-refractivity contribution in [3.8, 4) is 22.5 Å². The van der Waals surface area contributed by atoms with Crippen molar-refractivity contribution in [2.75, 3.05) is 0 Å². The summed E-state index contributed by atoms with van der Waals surface area (Å²) in [6, 6.07) is 31.4. The monoisotopic (exact) mass is 440 g/mol. The minimum Gasteiger partial charge on any atom is -0.125 e. The molecule has 5 aromatic rings. The first-order valence-electron chi connectivity index (χ1n) is 12.1. The second kappa shape index (κ2) is 6.42. The number of hydrogen-bond donors (Lipinski definition) is 0. The van der Waals surface area contributed by atoms with E-state index in [2.05, 4.69) is 134 Å². The SMILES string of the molecule is Cc1cc2[n+](cc1C(C)(C)C)C1(c3ccccc3-2)c2ccccc2-c2c3ccccc3cc[n+]21. The summed E-state index contributed by atoms with van der Waals surface area (Å²) in [5.74, 6) is 0. The molecule has 0 N–H and O–H groups in total. The Bertz CT molecular complexity index is 1650. The maximum absolute atomic E-state index is 2.55. The predicted octanol–water partition coefficient (Wildman–Crippen LogP) is 6.28. The van der Waals surface area contributed by atoms with Crippen LogP contribution in [0, 0.1) is 6.92 Å². The highest BCUT2D eigenvalue weighted by molar-refractivity contribution is 5.95. The second-order valence-electron chi connectivity index (χ2n) is 10.8. The van der Waals surface area contributed by atoms with Crippen LogP contribution in [0.3, 0.4) is 0 Å². The third-order valence-corrected chi connectivity index (χ3v) is 7.80. The Morgan fingerprint density at radius 3 is 2.12 bits per heavy atom. The van der Waals surface area contributed by atoms with E-state index in [0.717, 1.165) is 0 Å². The van der Waals surface area contributed by atoms with Gasteiger partial charge < -0.3 is 0 Å². The highest BCUT2D eigenvalue weighted by atomic mass is 15.3. The van der Waals surface area contributed by atoms with Crippen LogP contribution in [0.15, 0.2) is 97.3 Å². The summed E-state index contributed by atoms with van der Waals surface area (Å²) in [4.78, 5) is 0. The summed E-state index contributed by atoms with van der Waals surface area (Å²) in [6.07, 6.45) is 4.73. The highest BCUT2D eigenvalue weighted by Crippen LogP contribution is 2.48. The lowest BCUT2D eigenvalue weighted by molar-refractivity contribution is -0.954. The van der Waals surface area contributed by atoms with Gasteiger partial charge in [0.25, 0.3) is 0 Å². The van der Waals surface area contributed by atoms with Crippen molar-refractivity contribution in [2.45, 2.75) is 38.8 Å². The van der Waals surface area contributed by atoms with Crippen LogP contribution < -0.4 is 9.13 Å². The van der Waals surface area contributed by atoms with Crippen LogP contribution in [0.2, 0.25) is 0 Å². The summed E-state index contributed by atoms with van der Waals surface area (Å²) in [5, 5.41) is 2.57. The van der Waals surface area contributed by atoms with Crippen LogP contribution in [0.4, 0.5) is 0 Å².